The molecule has 0 aliphatic carbocycles. The lowest BCUT2D eigenvalue weighted by atomic mass is 9.77. The second-order valence-electron chi connectivity index (χ2n) is 14.4. The number of benzene rings is 6. The first kappa shape index (κ1) is 37.4. The van der Waals surface area contributed by atoms with Crippen molar-refractivity contribution in [3.05, 3.63) is 238 Å². The Morgan fingerprint density at radius 1 is 0.644 bits per heavy atom. The highest BCUT2D eigenvalue weighted by molar-refractivity contribution is 5.84. The van der Waals surface area contributed by atoms with Gasteiger partial charge in [0.05, 0.1) is 19.0 Å². The van der Waals surface area contributed by atoms with E-state index in [4.69, 9.17) is 19.4 Å². The monoisotopic (exact) mass is 776 g/mol. The summed E-state index contributed by atoms with van der Waals surface area (Å²) in [5.74, 6) is 0.474. The Hall–Kier alpha value is -7.14. The first-order valence-corrected chi connectivity index (χ1v) is 19.4. The summed E-state index contributed by atoms with van der Waals surface area (Å²) in [6, 6.07) is 59.6. The van der Waals surface area contributed by atoms with Crippen LogP contribution in [-0.4, -0.2) is 49.5 Å². The minimum absolute atomic E-state index is 0.0457. The van der Waals surface area contributed by atoms with E-state index >= 15 is 0 Å². The van der Waals surface area contributed by atoms with E-state index in [1.165, 1.54) is 6.33 Å². The number of nitrogens with one attached hydrogen (secondary N) is 1. The van der Waals surface area contributed by atoms with E-state index in [1.54, 1.807) is 10.9 Å². The molecular weight excluding hydrogens is 737 g/mol. The Labute approximate surface area is 341 Å². The van der Waals surface area contributed by atoms with Crippen molar-refractivity contribution in [1.82, 2.24) is 19.5 Å². The number of aromatic nitrogens is 4. The lowest BCUT2D eigenvalue weighted by Crippen LogP contribution is -2.39. The lowest BCUT2D eigenvalue weighted by Gasteiger charge is -2.37. The standard InChI is InChI=1S/C48H40N8O3/c49-55-54-41-43(57)40(31-58-48(37-25-13-4-14-26-37,38-27-15-5-16-28-38)39-29-17-6-18-30-39)59-46(41)56-33-52-42-44(50-32-51-45(42)56)53-47(34-19-7-1-8-20-34,35-21-9-2-10-22-35)36-23-11-3-12-24-36/h1-30,32-33,40-41,43,46,57H,31H2,(H,50,51,53)/t40-,41+,43-,46-/m1/s1. The molecule has 11 nitrogen and oxygen atoms in total. The molecule has 6 aromatic carbocycles. The van der Waals surface area contributed by atoms with Gasteiger partial charge >= 0.3 is 0 Å². The van der Waals surface area contributed by atoms with Crippen molar-refractivity contribution in [3.8, 4) is 0 Å². The Bertz CT molecular complexity index is 2470. The number of fused-ring (bicyclic) bond motifs is 1. The van der Waals surface area contributed by atoms with E-state index in [2.05, 4.69) is 56.7 Å². The summed E-state index contributed by atoms with van der Waals surface area (Å²) in [6.45, 7) is -0.0457. The van der Waals surface area contributed by atoms with Gasteiger partial charge in [-0.05, 0) is 38.9 Å². The largest absolute Gasteiger partial charge is 0.390 e. The highest BCUT2D eigenvalue weighted by Gasteiger charge is 2.47. The van der Waals surface area contributed by atoms with Crippen LogP contribution in [0, 0.1) is 0 Å². The van der Waals surface area contributed by atoms with Crippen LogP contribution in [0.25, 0.3) is 21.6 Å². The molecule has 2 aromatic heterocycles. The molecule has 0 unspecified atom stereocenters. The fraction of sp³-hybridized carbons (Fsp3) is 0.146. The summed E-state index contributed by atoms with van der Waals surface area (Å²) in [6.07, 6.45) is -0.0389. The molecule has 290 valence electrons. The molecule has 0 amide bonds. The number of hydrogen-bond acceptors (Lipinski definition) is 8. The molecule has 0 radical (unpaired) electrons. The molecule has 1 aliphatic heterocycles. The van der Waals surface area contributed by atoms with E-state index in [0.29, 0.717) is 17.0 Å². The molecule has 9 rings (SSSR count). The van der Waals surface area contributed by atoms with Crippen LogP contribution in [0.1, 0.15) is 39.6 Å². The number of ether oxygens (including phenoxy) is 2. The van der Waals surface area contributed by atoms with Gasteiger partial charge in [0.2, 0.25) is 0 Å². The van der Waals surface area contributed by atoms with Crippen molar-refractivity contribution in [2.75, 3.05) is 11.9 Å². The van der Waals surface area contributed by atoms with Gasteiger partial charge in [0.1, 0.15) is 35.8 Å². The molecule has 2 N–H and O–H groups in total. The Morgan fingerprint density at radius 2 is 1.08 bits per heavy atom. The molecule has 11 heteroatoms. The molecule has 1 aliphatic rings. The van der Waals surface area contributed by atoms with Crippen molar-refractivity contribution in [3.63, 3.8) is 0 Å². The number of azide groups is 1. The number of rotatable bonds is 13. The molecule has 4 atom stereocenters. The second kappa shape index (κ2) is 16.4. The van der Waals surface area contributed by atoms with Gasteiger partial charge in [0.25, 0.3) is 0 Å². The summed E-state index contributed by atoms with van der Waals surface area (Å²) >= 11 is 0. The van der Waals surface area contributed by atoms with Crippen LogP contribution in [0.2, 0.25) is 0 Å². The van der Waals surface area contributed by atoms with Gasteiger partial charge in [-0.2, -0.15) is 0 Å². The summed E-state index contributed by atoms with van der Waals surface area (Å²) in [4.78, 5) is 17.4. The highest BCUT2D eigenvalue weighted by atomic mass is 16.6. The first-order valence-electron chi connectivity index (χ1n) is 19.4. The first-order chi connectivity index (χ1) is 29.1. The number of hydrogen-bond donors (Lipinski definition) is 2. The van der Waals surface area contributed by atoms with Gasteiger partial charge < -0.3 is 19.9 Å². The van der Waals surface area contributed by atoms with Gasteiger partial charge in [-0.15, -0.1) is 0 Å². The predicted octanol–water partition coefficient (Wildman–Crippen LogP) is 9.18. The lowest BCUT2D eigenvalue weighted by molar-refractivity contribution is -0.0931. The molecular formula is C48H40N8O3. The van der Waals surface area contributed by atoms with Crippen LogP contribution in [0.15, 0.2) is 200 Å². The van der Waals surface area contributed by atoms with Crippen molar-refractivity contribution in [2.45, 2.75) is 35.6 Å². The van der Waals surface area contributed by atoms with E-state index < -0.39 is 35.6 Å². The summed E-state index contributed by atoms with van der Waals surface area (Å²) in [5, 5.41) is 19.7. The third-order valence-corrected chi connectivity index (χ3v) is 11.1. The topological polar surface area (TPSA) is 143 Å². The van der Waals surface area contributed by atoms with E-state index in [9.17, 15) is 10.6 Å². The summed E-state index contributed by atoms with van der Waals surface area (Å²) < 4.78 is 15.4. The van der Waals surface area contributed by atoms with Crippen molar-refractivity contribution in [2.24, 2.45) is 5.11 Å². The maximum atomic E-state index is 11.9. The maximum absolute atomic E-state index is 11.9. The van der Waals surface area contributed by atoms with Gasteiger partial charge in [-0.3, -0.25) is 4.57 Å². The van der Waals surface area contributed by atoms with Gasteiger partial charge in [-0.1, -0.05) is 187 Å². The van der Waals surface area contributed by atoms with Gasteiger partial charge in [0, 0.05) is 4.91 Å². The molecule has 3 heterocycles. The average Bonchev–Trinajstić information content (AvgIpc) is 3.88. The zero-order valence-corrected chi connectivity index (χ0v) is 31.9. The Morgan fingerprint density at radius 3 is 1.53 bits per heavy atom. The van der Waals surface area contributed by atoms with Crippen LogP contribution in [-0.2, 0) is 20.6 Å². The number of nitrogens with zero attached hydrogens (tertiary/aromatic N) is 7. The van der Waals surface area contributed by atoms with Crippen molar-refractivity contribution >= 4 is 17.0 Å². The third-order valence-electron chi connectivity index (χ3n) is 11.1. The molecule has 1 saturated heterocycles. The summed E-state index contributed by atoms with van der Waals surface area (Å²) in [5.41, 5.74) is 14.4. The van der Waals surface area contributed by atoms with Gasteiger partial charge in [-0.25, -0.2) is 15.0 Å². The van der Waals surface area contributed by atoms with Crippen molar-refractivity contribution in [1.29, 1.82) is 0 Å². The number of imidazole rings is 1. The summed E-state index contributed by atoms with van der Waals surface area (Å²) in [7, 11) is 0. The van der Waals surface area contributed by atoms with Crippen LogP contribution in [0.5, 0.6) is 0 Å². The SMILES string of the molecule is [N-]=[N+]=N[C@H]1[C@H](O)[C@@H](COC(c2ccccc2)(c2ccccc2)c2ccccc2)O[C@H]1n1cnc2c(NC(c3ccccc3)(c3ccccc3)c3ccccc3)ncnc21. The molecule has 1 fully saturated rings. The zero-order chi connectivity index (χ0) is 40.1. The molecule has 59 heavy (non-hydrogen) atoms. The smallest absolute Gasteiger partial charge is 0.167 e. The van der Waals surface area contributed by atoms with Crippen molar-refractivity contribution < 1.29 is 14.6 Å². The van der Waals surface area contributed by atoms with Crippen LogP contribution in [0.4, 0.5) is 5.82 Å². The molecule has 0 spiro atoms. The van der Waals surface area contributed by atoms with Crippen LogP contribution >= 0.6 is 0 Å². The zero-order valence-electron chi connectivity index (χ0n) is 31.9. The van der Waals surface area contributed by atoms with E-state index in [0.717, 1.165) is 33.4 Å². The van der Waals surface area contributed by atoms with Crippen LogP contribution < -0.4 is 5.32 Å². The quantitative estimate of drug-likeness (QED) is 0.0515. The predicted molar refractivity (Wildman–Crippen MR) is 226 cm³/mol. The number of anilines is 1. The second-order valence-corrected chi connectivity index (χ2v) is 14.4. The third kappa shape index (κ3) is 6.78. The van der Waals surface area contributed by atoms with Gasteiger partial charge in [0.15, 0.2) is 17.0 Å². The molecule has 0 bridgehead atoms. The Kier molecular flexibility index (Phi) is 10.4. The number of aliphatic hydroxyl groups is 1. The average molecular weight is 777 g/mol. The highest BCUT2D eigenvalue weighted by Crippen LogP contribution is 2.44. The van der Waals surface area contributed by atoms with Crippen LogP contribution in [0.3, 0.4) is 0 Å². The maximum Gasteiger partial charge on any atom is 0.167 e. The number of aliphatic hydroxyl groups excluding tert-OH is 1. The minimum atomic E-state index is -1.23. The van der Waals surface area contributed by atoms with E-state index in [-0.39, 0.29) is 6.61 Å². The fourth-order valence-corrected chi connectivity index (χ4v) is 8.35. The Balaban J connectivity index is 1.10. The minimum Gasteiger partial charge on any atom is -0.390 e. The normalized spacial score (nSPS) is 18.0. The molecule has 0 saturated carbocycles. The molecule has 8 aromatic rings. The van der Waals surface area contributed by atoms with E-state index in [1.807, 2.05) is 146 Å². The fourth-order valence-electron chi connectivity index (χ4n) is 8.35.